The molecular weight excluding hydrogens is 376 g/mol. The Morgan fingerprint density at radius 1 is 1.00 bits per heavy atom. The van der Waals surface area contributed by atoms with Gasteiger partial charge in [0.1, 0.15) is 11.6 Å². The Morgan fingerprint density at radius 2 is 1.70 bits per heavy atom. The molecule has 0 saturated heterocycles. The molecule has 0 fully saturated rings. The number of guanidine groups is 1. The quantitative estimate of drug-likeness (QED) is 0.444. The highest BCUT2D eigenvalue weighted by atomic mass is 16.5. The number of ether oxygens (including phenoxy) is 1. The Hall–Kier alpha value is -3.35. The van der Waals surface area contributed by atoms with Gasteiger partial charge in [-0.2, -0.15) is 0 Å². The van der Waals surface area contributed by atoms with Crippen molar-refractivity contribution in [3.8, 4) is 5.75 Å². The summed E-state index contributed by atoms with van der Waals surface area (Å²) in [6, 6.07) is 16.4. The van der Waals surface area contributed by atoms with Crippen LogP contribution < -0.4 is 15.4 Å². The molecule has 0 radical (unpaired) electrons. The van der Waals surface area contributed by atoms with Crippen molar-refractivity contribution in [2.24, 2.45) is 12.0 Å². The van der Waals surface area contributed by atoms with Gasteiger partial charge in [0.25, 0.3) is 0 Å². The largest absolute Gasteiger partial charge is 0.497 e. The molecule has 0 bridgehead atoms. The molecule has 0 aliphatic carbocycles. The second kappa shape index (κ2) is 10.4. The van der Waals surface area contributed by atoms with E-state index < -0.39 is 0 Å². The summed E-state index contributed by atoms with van der Waals surface area (Å²) in [4.78, 5) is 4.77. The predicted molar refractivity (Wildman–Crippen MR) is 119 cm³/mol. The van der Waals surface area contributed by atoms with Crippen LogP contribution in [0.4, 0.5) is 0 Å². The monoisotopic (exact) mass is 406 g/mol. The Balaban J connectivity index is 1.71. The summed E-state index contributed by atoms with van der Waals surface area (Å²) in [6.45, 7) is 5.92. The van der Waals surface area contributed by atoms with Crippen LogP contribution in [-0.2, 0) is 33.1 Å². The minimum atomic E-state index is 0.543. The topological polar surface area (TPSA) is 76.4 Å². The van der Waals surface area contributed by atoms with Crippen molar-refractivity contribution in [2.45, 2.75) is 39.9 Å². The van der Waals surface area contributed by atoms with E-state index in [4.69, 9.17) is 9.73 Å². The fourth-order valence-electron chi connectivity index (χ4n) is 3.10. The maximum absolute atomic E-state index is 5.23. The molecule has 3 rings (SSSR count). The van der Waals surface area contributed by atoms with Crippen LogP contribution >= 0.6 is 0 Å². The van der Waals surface area contributed by atoms with Crippen LogP contribution in [0.1, 0.15) is 35.3 Å². The van der Waals surface area contributed by atoms with Crippen molar-refractivity contribution >= 4 is 5.96 Å². The van der Waals surface area contributed by atoms with Crippen LogP contribution in [0, 0.1) is 6.92 Å². The van der Waals surface area contributed by atoms with Gasteiger partial charge in [-0.05, 0) is 42.2 Å². The van der Waals surface area contributed by atoms with Crippen LogP contribution in [0.5, 0.6) is 5.75 Å². The molecule has 0 spiro atoms. The first-order valence-electron chi connectivity index (χ1n) is 10.2. The zero-order chi connectivity index (χ0) is 21.3. The fraction of sp³-hybridized carbons (Fsp3) is 0.348. The minimum absolute atomic E-state index is 0.543. The molecule has 2 aromatic carbocycles. The number of rotatable bonds is 8. The third-order valence-electron chi connectivity index (χ3n) is 5.12. The summed E-state index contributed by atoms with van der Waals surface area (Å²) in [5.74, 6) is 3.32. The number of hydrogen-bond acceptors (Lipinski definition) is 4. The normalized spacial score (nSPS) is 11.4. The van der Waals surface area contributed by atoms with Crippen molar-refractivity contribution in [2.75, 3.05) is 7.11 Å². The van der Waals surface area contributed by atoms with Crippen molar-refractivity contribution in [1.82, 2.24) is 25.4 Å². The van der Waals surface area contributed by atoms with E-state index in [9.17, 15) is 0 Å². The average Bonchev–Trinajstić information content (AvgIpc) is 3.11. The number of benzene rings is 2. The van der Waals surface area contributed by atoms with Crippen LogP contribution in [0.2, 0.25) is 0 Å². The molecule has 0 atom stereocenters. The summed E-state index contributed by atoms with van der Waals surface area (Å²) in [7, 11) is 3.63. The van der Waals surface area contributed by atoms with E-state index in [-0.39, 0.29) is 0 Å². The van der Waals surface area contributed by atoms with Gasteiger partial charge in [-0.3, -0.25) is 0 Å². The van der Waals surface area contributed by atoms with Gasteiger partial charge in [-0.25, -0.2) is 4.99 Å². The van der Waals surface area contributed by atoms with Crippen molar-refractivity contribution < 1.29 is 4.74 Å². The first kappa shape index (κ1) is 21.4. The van der Waals surface area contributed by atoms with Crippen molar-refractivity contribution in [3.05, 3.63) is 76.9 Å². The first-order chi connectivity index (χ1) is 14.6. The summed E-state index contributed by atoms with van der Waals surface area (Å²) >= 11 is 0. The van der Waals surface area contributed by atoms with E-state index in [1.165, 1.54) is 11.1 Å². The smallest absolute Gasteiger partial charge is 0.192 e. The molecule has 1 heterocycles. The Kier molecular flexibility index (Phi) is 7.43. The van der Waals surface area contributed by atoms with E-state index in [0.29, 0.717) is 19.6 Å². The highest BCUT2D eigenvalue weighted by Crippen LogP contribution is 2.12. The highest BCUT2D eigenvalue weighted by molar-refractivity contribution is 5.79. The minimum Gasteiger partial charge on any atom is -0.497 e. The number of hydrogen-bond donors (Lipinski definition) is 2. The second-order valence-corrected chi connectivity index (χ2v) is 7.06. The predicted octanol–water partition coefficient (Wildman–Crippen LogP) is 3.13. The number of aliphatic imine (C=N–C) groups is 1. The van der Waals surface area contributed by atoms with Gasteiger partial charge in [0, 0.05) is 13.6 Å². The molecule has 0 unspecified atom stereocenters. The third-order valence-corrected chi connectivity index (χ3v) is 5.12. The molecule has 2 N–H and O–H groups in total. The standard InChI is InChI=1S/C23H30N6O/c1-5-19-8-6-7-9-20(19)15-25-23(26-16-22-28-27-17(2)29(22)3)24-14-18-10-12-21(30-4)13-11-18/h6-13H,5,14-16H2,1-4H3,(H2,24,25,26). The molecule has 0 saturated carbocycles. The second-order valence-electron chi connectivity index (χ2n) is 7.06. The van der Waals surface area contributed by atoms with Crippen LogP contribution in [0.3, 0.4) is 0 Å². The molecule has 30 heavy (non-hydrogen) atoms. The summed E-state index contributed by atoms with van der Waals surface area (Å²) in [5.41, 5.74) is 3.72. The van der Waals surface area contributed by atoms with Gasteiger partial charge in [0.2, 0.25) is 0 Å². The number of aromatic nitrogens is 3. The van der Waals surface area contributed by atoms with Crippen LogP contribution in [-0.4, -0.2) is 27.8 Å². The lowest BCUT2D eigenvalue weighted by Crippen LogP contribution is -2.37. The number of methoxy groups -OCH3 is 1. The molecule has 3 aromatic rings. The highest BCUT2D eigenvalue weighted by Gasteiger charge is 2.07. The number of aryl methyl sites for hydroxylation is 2. The molecule has 7 nitrogen and oxygen atoms in total. The zero-order valence-corrected chi connectivity index (χ0v) is 18.1. The Morgan fingerprint density at radius 3 is 2.33 bits per heavy atom. The summed E-state index contributed by atoms with van der Waals surface area (Å²) < 4.78 is 7.20. The summed E-state index contributed by atoms with van der Waals surface area (Å²) in [5, 5.41) is 15.2. The Bertz CT molecular complexity index is 978. The van der Waals surface area contributed by atoms with E-state index in [1.807, 2.05) is 42.8 Å². The zero-order valence-electron chi connectivity index (χ0n) is 18.1. The number of nitrogens with zero attached hydrogens (tertiary/aromatic N) is 4. The molecule has 1 aromatic heterocycles. The van der Waals surface area contributed by atoms with Crippen LogP contribution in [0.25, 0.3) is 0 Å². The summed E-state index contributed by atoms with van der Waals surface area (Å²) in [6.07, 6.45) is 1.00. The van der Waals surface area contributed by atoms with Crippen molar-refractivity contribution in [3.63, 3.8) is 0 Å². The van der Waals surface area contributed by atoms with Crippen molar-refractivity contribution in [1.29, 1.82) is 0 Å². The number of nitrogens with one attached hydrogen (secondary N) is 2. The first-order valence-corrected chi connectivity index (χ1v) is 10.2. The molecule has 7 heteroatoms. The van der Waals surface area contributed by atoms with E-state index in [2.05, 4.69) is 52.0 Å². The maximum Gasteiger partial charge on any atom is 0.192 e. The average molecular weight is 407 g/mol. The van der Waals surface area contributed by atoms with Gasteiger partial charge in [0.15, 0.2) is 11.8 Å². The van der Waals surface area contributed by atoms with Gasteiger partial charge in [-0.15, -0.1) is 10.2 Å². The fourth-order valence-corrected chi connectivity index (χ4v) is 3.10. The van der Waals surface area contributed by atoms with E-state index >= 15 is 0 Å². The molecule has 158 valence electrons. The lowest BCUT2D eigenvalue weighted by atomic mass is 10.1. The third kappa shape index (κ3) is 5.59. The lowest BCUT2D eigenvalue weighted by molar-refractivity contribution is 0.414. The SMILES string of the molecule is CCc1ccccc1CNC(=NCc1ccc(OC)cc1)NCc1nnc(C)n1C. The Labute approximate surface area is 178 Å². The van der Waals surface area contributed by atoms with E-state index in [1.54, 1.807) is 7.11 Å². The van der Waals surface area contributed by atoms with Gasteiger partial charge in [0.05, 0.1) is 20.2 Å². The lowest BCUT2D eigenvalue weighted by Gasteiger charge is -2.14. The molecule has 0 aliphatic rings. The van der Waals surface area contributed by atoms with Gasteiger partial charge < -0.3 is 19.9 Å². The van der Waals surface area contributed by atoms with Crippen LogP contribution in [0.15, 0.2) is 53.5 Å². The van der Waals surface area contributed by atoms with Gasteiger partial charge in [-0.1, -0.05) is 43.3 Å². The molecule has 0 amide bonds. The van der Waals surface area contributed by atoms with E-state index in [0.717, 1.165) is 35.3 Å². The maximum atomic E-state index is 5.23. The van der Waals surface area contributed by atoms with Gasteiger partial charge >= 0.3 is 0 Å². The molecular formula is C23H30N6O. The molecule has 0 aliphatic heterocycles.